The van der Waals surface area contributed by atoms with Crippen molar-refractivity contribution < 1.29 is 18.4 Å². The minimum atomic E-state index is -1.95. The molecule has 2 unspecified atom stereocenters. The smallest absolute Gasteiger partial charge is 0.251 e. The fourth-order valence-corrected chi connectivity index (χ4v) is 4.48. The first-order valence-corrected chi connectivity index (χ1v) is 14.1. The van der Waals surface area contributed by atoms with E-state index in [1.165, 1.54) is 5.56 Å². The average Bonchev–Trinajstić information content (AvgIpc) is 2.82. The van der Waals surface area contributed by atoms with Crippen molar-refractivity contribution in [1.82, 2.24) is 5.32 Å². The molecule has 0 saturated heterocycles. The van der Waals surface area contributed by atoms with Crippen LogP contribution in [-0.2, 0) is 25.7 Å². The molecule has 0 saturated carbocycles. The maximum Gasteiger partial charge on any atom is 0.251 e. The Balaban J connectivity index is 1.81. The van der Waals surface area contributed by atoms with Crippen molar-refractivity contribution in [3.8, 4) is 0 Å². The number of nitrogens with one attached hydrogen (secondary N) is 2. The van der Waals surface area contributed by atoms with E-state index in [0.29, 0.717) is 22.7 Å². The lowest BCUT2D eigenvalue weighted by Gasteiger charge is -2.21. The van der Waals surface area contributed by atoms with Gasteiger partial charge in [0.05, 0.1) is 11.7 Å². The highest BCUT2D eigenvalue weighted by atomic mass is 127. The molecule has 6 nitrogen and oxygen atoms in total. The molecule has 2 atom stereocenters. The van der Waals surface area contributed by atoms with E-state index >= 15 is 0 Å². The first kappa shape index (κ1) is 28.3. The molecule has 0 fully saturated rings. The van der Waals surface area contributed by atoms with Crippen LogP contribution in [0.2, 0.25) is 5.02 Å². The fourth-order valence-electron chi connectivity index (χ4n) is 3.65. The third kappa shape index (κ3) is 8.40. The van der Waals surface area contributed by atoms with Crippen LogP contribution in [0.4, 0.5) is 5.69 Å². The molecule has 0 aliphatic heterocycles. The number of carbonyl (C=O) groups is 2. The van der Waals surface area contributed by atoms with Crippen molar-refractivity contribution >= 4 is 62.8 Å². The van der Waals surface area contributed by atoms with Crippen molar-refractivity contribution in [3.63, 3.8) is 0 Å². The third-order valence-electron chi connectivity index (χ3n) is 5.63. The van der Waals surface area contributed by atoms with Gasteiger partial charge in [0, 0.05) is 26.2 Å². The standard InChI is InChI=1S/C27H28ClIN2O4S/c1-27(2,29)21-12-10-19(11-13-21)24(26(33)31-23-5-3-4-22(28)17-23)16-18-6-8-20(9-7-18)25(32)30-14-15-36(34)35/h3-13,17,24H,14-16H2,1-2H3,(H,30,32)(H,31,33)(H,34,35). The van der Waals surface area contributed by atoms with Crippen LogP contribution in [0.15, 0.2) is 72.8 Å². The first-order chi connectivity index (χ1) is 17.0. The lowest BCUT2D eigenvalue weighted by Crippen LogP contribution is -2.27. The Morgan fingerprint density at radius 1 is 1.06 bits per heavy atom. The van der Waals surface area contributed by atoms with Gasteiger partial charge < -0.3 is 15.2 Å². The number of amides is 2. The lowest BCUT2D eigenvalue weighted by molar-refractivity contribution is -0.117. The Morgan fingerprint density at radius 2 is 1.72 bits per heavy atom. The van der Waals surface area contributed by atoms with Crippen LogP contribution in [0.25, 0.3) is 0 Å². The van der Waals surface area contributed by atoms with Crippen LogP contribution in [0.3, 0.4) is 0 Å². The summed E-state index contributed by atoms with van der Waals surface area (Å²) in [6, 6.07) is 22.1. The SMILES string of the molecule is CC(C)(I)c1ccc(C(Cc2ccc(C(=O)NCCS(=O)O)cc2)C(=O)Nc2cccc(Cl)c2)cc1. The second kappa shape index (κ2) is 12.8. The quantitative estimate of drug-likeness (QED) is 0.146. The monoisotopic (exact) mass is 638 g/mol. The zero-order valence-electron chi connectivity index (χ0n) is 20.0. The molecule has 190 valence electrons. The zero-order valence-corrected chi connectivity index (χ0v) is 23.7. The number of hydrogen-bond acceptors (Lipinski definition) is 3. The van der Waals surface area contributed by atoms with E-state index in [0.717, 1.165) is 11.1 Å². The van der Waals surface area contributed by atoms with Crippen molar-refractivity contribution in [2.24, 2.45) is 0 Å². The highest BCUT2D eigenvalue weighted by molar-refractivity contribution is 14.1. The summed E-state index contributed by atoms with van der Waals surface area (Å²) in [5.41, 5.74) is 4.01. The van der Waals surface area contributed by atoms with Gasteiger partial charge in [-0.05, 0) is 67.3 Å². The summed E-state index contributed by atoms with van der Waals surface area (Å²) >= 11 is 6.52. The molecular weight excluding hydrogens is 611 g/mol. The van der Waals surface area contributed by atoms with Crippen molar-refractivity contribution in [2.75, 3.05) is 17.6 Å². The van der Waals surface area contributed by atoms with Gasteiger partial charge >= 0.3 is 0 Å². The number of benzene rings is 3. The molecule has 0 aliphatic carbocycles. The molecule has 0 bridgehead atoms. The molecule has 2 amide bonds. The van der Waals surface area contributed by atoms with Gasteiger partial charge in [0.2, 0.25) is 5.91 Å². The minimum absolute atomic E-state index is 0.0270. The van der Waals surface area contributed by atoms with Crippen LogP contribution in [-0.4, -0.2) is 32.9 Å². The number of carbonyl (C=O) groups excluding carboxylic acids is 2. The molecule has 0 radical (unpaired) electrons. The summed E-state index contributed by atoms with van der Waals surface area (Å²) < 4.78 is 19.6. The Labute approximate surface area is 232 Å². The number of halogens is 2. The maximum absolute atomic E-state index is 13.4. The number of alkyl halides is 1. The van der Waals surface area contributed by atoms with Crippen LogP contribution in [0.5, 0.6) is 0 Å². The highest BCUT2D eigenvalue weighted by Gasteiger charge is 2.23. The molecule has 36 heavy (non-hydrogen) atoms. The lowest BCUT2D eigenvalue weighted by atomic mass is 9.89. The van der Waals surface area contributed by atoms with E-state index in [4.69, 9.17) is 16.2 Å². The number of anilines is 1. The zero-order chi connectivity index (χ0) is 26.3. The van der Waals surface area contributed by atoms with Crippen LogP contribution in [0.1, 0.15) is 46.8 Å². The van der Waals surface area contributed by atoms with Crippen molar-refractivity contribution in [2.45, 2.75) is 29.6 Å². The minimum Gasteiger partial charge on any atom is -0.351 e. The summed E-state index contributed by atoms with van der Waals surface area (Å²) in [5.74, 6) is -0.966. The van der Waals surface area contributed by atoms with E-state index in [9.17, 15) is 13.8 Å². The molecule has 0 heterocycles. The van der Waals surface area contributed by atoms with Crippen LogP contribution < -0.4 is 10.6 Å². The van der Waals surface area contributed by atoms with E-state index in [-0.39, 0.29) is 27.5 Å². The van der Waals surface area contributed by atoms with Crippen molar-refractivity contribution in [1.29, 1.82) is 0 Å². The second-order valence-corrected chi connectivity index (χ2v) is 13.0. The maximum atomic E-state index is 13.4. The van der Waals surface area contributed by atoms with E-state index in [2.05, 4.69) is 47.1 Å². The van der Waals surface area contributed by atoms with E-state index in [1.54, 1.807) is 36.4 Å². The van der Waals surface area contributed by atoms with Gasteiger partial charge in [-0.3, -0.25) is 9.59 Å². The summed E-state index contributed by atoms with van der Waals surface area (Å²) in [4.78, 5) is 25.7. The Kier molecular flexibility index (Phi) is 10.1. The van der Waals surface area contributed by atoms with Gasteiger partial charge in [0.15, 0.2) is 11.1 Å². The molecule has 0 aliphatic rings. The fraction of sp³-hybridized carbons (Fsp3) is 0.259. The summed E-state index contributed by atoms with van der Waals surface area (Å²) in [6.07, 6.45) is 0.435. The molecule has 3 rings (SSSR count). The van der Waals surface area contributed by atoms with Gasteiger partial charge in [-0.2, -0.15) is 0 Å². The molecule has 0 spiro atoms. The van der Waals surface area contributed by atoms with Gasteiger partial charge in [0.1, 0.15) is 0 Å². The van der Waals surface area contributed by atoms with Crippen molar-refractivity contribution in [3.05, 3.63) is 100 Å². The Hall–Kier alpha value is -2.27. The second-order valence-electron chi connectivity index (χ2n) is 8.83. The third-order valence-corrected chi connectivity index (χ3v) is 7.04. The molecule has 9 heteroatoms. The summed E-state index contributed by atoms with van der Waals surface area (Å²) in [7, 11) is 0. The number of rotatable bonds is 10. The Morgan fingerprint density at radius 3 is 2.31 bits per heavy atom. The number of hydrogen-bond donors (Lipinski definition) is 3. The topological polar surface area (TPSA) is 95.5 Å². The van der Waals surface area contributed by atoms with E-state index in [1.807, 2.05) is 36.4 Å². The van der Waals surface area contributed by atoms with E-state index < -0.39 is 17.0 Å². The summed E-state index contributed by atoms with van der Waals surface area (Å²) in [6.45, 7) is 4.37. The normalized spacial score (nSPS) is 13.0. The predicted octanol–water partition coefficient (Wildman–Crippen LogP) is 5.93. The van der Waals surface area contributed by atoms with Gasteiger partial charge in [0.25, 0.3) is 5.91 Å². The van der Waals surface area contributed by atoms with Gasteiger partial charge in [-0.1, -0.05) is 76.7 Å². The summed E-state index contributed by atoms with van der Waals surface area (Å²) in [5, 5.41) is 6.13. The first-order valence-electron chi connectivity index (χ1n) is 11.3. The van der Waals surface area contributed by atoms with Crippen LogP contribution in [0, 0.1) is 0 Å². The van der Waals surface area contributed by atoms with Gasteiger partial charge in [-0.25, -0.2) is 4.21 Å². The molecule has 0 aromatic heterocycles. The predicted molar refractivity (Wildman–Crippen MR) is 154 cm³/mol. The van der Waals surface area contributed by atoms with Gasteiger partial charge in [-0.15, -0.1) is 0 Å². The highest BCUT2D eigenvalue weighted by Crippen LogP contribution is 2.32. The largest absolute Gasteiger partial charge is 0.351 e. The Bertz CT molecular complexity index is 1230. The molecule has 3 aromatic carbocycles. The molecular formula is C27H28ClIN2O4S. The molecule has 3 N–H and O–H groups in total. The average molecular weight is 639 g/mol. The molecule has 3 aromatic rings. The van der Waals surface area contributed by atoms with Crippen LogP contribution >= 0.6 is 34.2 Å².